The average Bonchev–Trinajstić information content (AvgIpc) is 3.65. The maximum Gasteiger partial charge on any atom is 0.182 e. The Labute approximate surface area is 251 Å². The molecule has 0 spiro atoms. The van der Waals surface area contributed by atoms with Gasteiger partial charge in [0.15, 0.2) is 5.78 Å². The van der Waals surface area contributed by atoms with E-state index in [0.717, 1.165) is 44.3 Å². The molecule has 1 aliphatic carbocycles. The maximum absolute atomic E-state index is 16.1. The second kappa shape index (κ2) is 11.8. The number of ether oxygens (including phenoxy) is 1. The Morgan fingerprint density at radius 1 is 1.19 bits per heavy atom. The standard InChI is InChI=1S/C36H46FN3O2/c1-8-24-16-29(24)34-32(42-9-2)19-27-20-40(23(4)33(27)35(34)37)21-31(41)26-17-28(22(3)30(18-26)36(5,6)7)25-10-13-39(14-11-25)15-12-38/h17-19,24-25,29H,4,8-11,13-16,20-21H2,1-3,5-7H3. The lowest BCUT2D eigenvalue weighted by molar-refractivity contribution is 0.0959. The molecule has 0 radical (unpaired) electrons. The molecule has 2 aliphatic heterocycles. The molecule has 0 N–H and O–H groups in total. The SMILES string of the molecule is C=C1c2c(cc(OCC)c(C3CC3CC)c2F)CN1CC(=O)c1cc(C2CCN(CC#N)CC2)c(C)c(C(C)(C)C)c1. The summed E-state index contributed by atoms with van der Waals surface area (Å²) in [6, 6.07) is 8.43. The topological polar surface area (TPSA) is 56.6 Å². The molecular weight excluding hydrogens is 525 g/mol. The first-order chi connectivity index (χ1) is 20.0. The van der Waals surface area contributed by atoms with Crippen LogP contribution < -0.4 is 4.74 Å². The third kappa shape index (κ3) is 5.73. The Hall–Kier alpha value is -3.17. The first-order valence-electron chi connectivity index (χ1n) is 15.7. The number of carbonyl (C=O) groups is 1. The van der Waals surface area contributed by atoms with Crippen LogP contribution in [0, 0.1) is 30.0 Å². The predicted octanol–water partition coefficient (Wildman–Crippen LogP) is 7.72. The van der Waals surface area contributed by atoms with Crippen molar-refractivity contribution in [2.24, 2.45) is 5.92 Å². The molecule has 2 fully saturated rings. The maximum atomic E-state index is 16.1. The molecule has 0 bridgehead atoms. The van der Waals surface area contributed by atoms with Crippen LogP contribution in [0.3, 0.4) is 0 Å². The molecule has 2 aromatic rings. The summed E-state index contributed by atoms with van der Waals surface area (Å²) in [7, 11) is 0. The van der Waals surface area contributed by atoms with Crippen LogP contribution in [0.25, 0.3) is 5.70 Å². The molecule has 2 unspecified atom stereocenters. The van der Waals surface area contributed by atoms with Gasteiger partial charge in [0, 0.05) is 28.9 Å². The zero-order valence-electron chi connectivity index (χ0n) is 26.3. The summed E-state index contributed by atoms with van der Waals surface area (Å²) >= 11 is 0. The van der Waals surface area contributed by atoms with Crippen LogP contribution in [0.4, 0.5) is 4.39 Å². The number of piperidine rings is 1. The van der Waals surface area contributed by atoms with Gasteiger partial charge in [-0.2, -0.15) is 5.26 Å². The summed E-state index contributed by atoms with van der Waals surface area (Å²) in [6.07, 6.45) is 3.98. The molecule has 224 valence electrons. The molecular formula is C36H46FN3O2. The van der Waals surface area contributed by atoms with Gasteiger partial charge in [0.2, 0.25) is 0 Å². The summed E-state index contributed by atoms with van der Waals surface area (Å²) in [5, 5.41) is 9.11. The molecule has 1 saturated heterocycles. The van der Waals surface area contributed by atoms with E-state index < -0.39 is 0 Å². The third-order valence-electron chi connectivity index (χ3n) is 9.73. The van der Waals surface area contributed by atoms with Gasteiger partial charge < -0.3 is 9.64 Å². The number of ketones is 1. The van der Waals surface area contributed by atoms with Crippen molar-refractivity contribution in [3.05, 3.63) is 69.5 Å². The first kappa shape index (κ1) is 30.3. The van der Waals surface area contributed by atoms with Gasteiger partial charge in [-0.15, -0.1) is 0 Å². The highest BCUT2D eigenvalue weighted by molar-refractivity contribution is 5.99. The van der Waals surface area contributed by atoms with Gasteiger partial charge >= 0.3 is 0 Å². The fourth-order valence-corrected chi connectivity index (χ4v) is 7.28. The van der Waals surface area contributed by atoms with E-state index in [1.165, 1.54) is 16.7 Å². The molecule has 3 aliphatic rings. The Balaban J connectivity index is 1.41. The van der Waals surface area contributed by atoms with E-state index in [1.54, 1.807) is 0 Å². The number of halogens is 1. The van der Waals surface area contributed by atoms with Crippen LogP contribution in [0.1, 0.15) is 116 Å². The van der Waals surface area contributed by atoms with Crippen LogP contribution in [0.2, 0.25) is 0 Å². The van der Waals surface area contributed by atoms with Gasteiger partial charge in [-0.25, -0.2) is 4.39 Å². The monoisotopic (exact) mass is 571 g/mol. The molecule has 42 heavy (non-hydrogen) atoms. The van der Waals surface area contributed by atoms with Crippen molar-refractivity contribution in [1.82, 2.24) is 9.80 Å². The van der Waals surface area contributed by atoms with Crippen molar-refractivity contribution in [3.63, 3.8) is 0 Å². The van der Waals surface area contributed by atoms with Crippen LogP contribution >= 0.6 is 0 Å². The molecule has 1 saturated carbocycles. The van der Waals surface area contributed by atoms with E-state index in [0.29, 0.717) is 59.7 Å². The second-order valence-corrected chi connectivity index (χ2v) is 13.5. The average molecular weight is 572 g/mol. The van der Waals surface area contributed by atoms with Gasteiger partial charge in [-0.3, -0.25) is 9.69 Å². The number of carbonyl (C=O) groups excluding carboxylic acids is 1. The van der Waals surface area contributed by atoms with Crippen LogP contribution in [-0.2, 0) is 12.0 Å². The number of nitrogens with zero attached hydrogens (tertiary/aromatic N) is 3. The van der Waals surface area contributed by atoms with Crippen molar-refractivity contribution in [2.45, 2.75) is 91.0 Å². The Morgan fingerprint density at radius 3 is 2.50 bits per heavy atom. The van der Waals surface area contributed by atoms with E-state index in [9.17, 15) is 4.79 Å². The van der Waals surface area contributed by atoms with Crippen LogP contribution in [-0.4, -0.2) is 48.4 Å². The Kier molecular flexibility index (Phi) is 8.54. The smallest absolute Gasteiger partial charge is 0.182 e. The predicted molar refractivity (Wildman–Crippen MR) is 166 cm³/mol. The molecule has 2 atom stereocenters. The van der Waals surface area contributed by atoms with E-state index in [4.69, 9.17) is 10.00 Å². The molecule has 5 nitrogen and oxygen atoms in total. The molecule has 2 aromatic carbocycles. The summed E-state index contributed by atoms with van der Waals surface area (Å²) < 4.78 is 22.1. The summed E-state index contributed by atoms with van der Waals surface area (Å²) in [5.41, 5.74) is 6.97. The summed E-state index contributed by atoms with van der Waals surface area (Å²) in [6.45, 7) is 20.5. The lowest BCUT2D eigenvalue weighted by Gasteiger charge is -2.33. The van der Waals surface area contributed by atoms with Crippen molar-refractivity contribution in [3.8, 4) is 11.8 Å². The lowest BCUT2D eigenvalue weighted by Crippen LogP contribution is -2.33. The van der Waals surface area contributed by atoms with E-state index >= 15 is 4.39 Å². The molecule has 5 rings (SSSR count). The minimum atomic E-state index is -0.216. The number of benzene rings is 2. The number of Topliss-reactive ketones (excluding diaryl/α,β-unsaturated/α-hetero) is 1. The largest absolute Gasteiger partial charge is 0.493 e. The minimum absolute atomic E-state index is 0.0246. The molecule has 2 heterocycles. The molecule has 0 amide bonds. The van der Waals surface area contributed by atoms with Crippen molar-refractivity contribution in [1.29, 1.82) is 5.26 Å². The highest BCUT2D eigenvalue weighted by Gasteiger charge is 2.43. The van der Waals surface area contributed by atoms with Crippen molar-refractivity contribution < 1.29 is 13.9 Å². The number of rotatable bonds is 9. The normalized spacial score (nSPS) is 20.9. The molecule has 6 heteroatoms. The number of likely N-dealkylation sites (tertiary alicyclic amines) is 1. The summed E-state index contributed by atoms with van der Waals surface area (Å²) in [4.78, 5) is 18.1. The second-order valence-electron chi connectivity index (χ2n) is 13.5. The van der Waals surface area contributed by atoms with Crippen LogP contribution in [0.15, 0.2) is 24.8 Å². The summed E-state index contributed by atoms with van der Waals surface area (Å²) in [5.74, 6) is 1.51. The third-order valence-corrected chi connectivity index (χ3v) is 9.73. The number of hydrogen-bond donors (Lipinski definition) is 0. The van der Waals surface area contributed by atoms with Gasteiger partial charge in [0.1, 0.15) is 11.6 Å². The Bertz CT molecular complexity index is 1420. The first-order valence-corrected chi connectivity index (χ1v) is 15.7. The van der Waals surface area contributed by atoms with Crippen LogP contribution in [0.5, 0.6) is 5.75 Å². The van der Waals surface area contributed by atoms with Gasteiger partial charge in [-0.1, -0.05) is 40.7 Å². The zero-order chi connectivity index (χ0) is 30.3. The fourth-order valence-electron chi connectivity index (χ4n) is 7.28. The van der Waals surface area contributed by atoms with Gasteiger partial charge in [-0.05, 0) is 110 Å². The number of nitriles is 1. The quantitative estimate of drug-likeness (QED) is 0.228. The fraction of sp³-hybridized carbons (Fsp3) is 0.556. The number of fused-ring (bicyclic) bond motifs is 1. The highest BCUT2D eigenvalue weighted by Crippen LogP contribution is 2.55. The van der Waals surface area contributed by atoms with E-state index in [-0.39, 0.29) is 29.5 Å². The lowest BCUT2D eigenvalue weighted by atomic mass is 9.77. The van der Waals surface area contributed by atoms with Gasteiger partial charge in [0.05, 0.1) is 25.8 Å². The van der Waals surface area contributed by atoms with Crippen molar-refractivity contribution >= 4 is 11.5 Å². The zero-order valence-corrected chi connectivity index (χ0v) is 26.3. The van der Waals surface area contributed by atoms with E-state index in [1.807, 2.05) is 17.9 Å². The highest BCUT2D eigenvalue weighted by atomic mass is 19.1. The number of hydrogen-bond acceptors (Lipinski definition) is 5. The molecule has 0 aromatic heterocycles. The van der Waals surface area contributed by atoms with E-state index in [2.05, 4.69) is 64.3 Å². The van der Waals surface area contributed by atoms with Crippen molar-refractivity contribution in [2.75, 3.05) is 32.8 Å². The Morgan fingerprint density at radius 2 is 1.90 bits per heavy atom. The van der Waals surface area contributed by atoms with Gasteiger partial charge in [0.25, 0.3) is 0 Å². The minimum Gasteiger partial charge on any atom is -0.493 e.